The highest BCUT2D eigenvalue weighted by Gasteiger charge is 2.53. The second-order valence-electron chi connectivity index (χ2n) is 4.50. The van der Waals surface area contributed by atoms with Crippen LogP contribution in [-0.4, -0.2) is 87.6 Å². The Balaban J connectivity index is 2.20. The first-order valence-electron chi connectivity index (χ1n) is 5.67. The van der Waals surface area contributed by atoms with Crippen LogP contribution in [-0.2, 0) is 14.3 Å². The molecule has 2 heterocycles. The Labute approximate surface area is 107 Å². The Bertz CT molecular complexity index is 386. The lowest BCUT2D eigenvalue weighted by atomic mass is 9.92. The van der Waals surface area contributed by atoms with E-state index in [1.807, 2.05) is 0 Å². The van der Waals surface area contributed by atoms with E-state index in [0.29, 0.717) is 4.90 Å². The van der Waals surface area contributed by atoms with Crippen LogP contribution in [0.25, 0.3) is 0 Å². The Morgan fingerprint density at radius 3 is 2.26 bits per heavy atom. The number of imide groups is 1. The van der Waals surface area contributed by atoms with Gasteiger partial charge in [0.1, 0.15) is 30.5 Å². The number of aliphatic hydroxyl groups is 4. The normalized spacial score (nSPS) is 43.5. The largest absolute Gasteiger partial charge is 0.433 e. The van der Waals surface area contributed by atoms with Gasteiger partial charge in [0.15, 0.2) is 0 Å². The molecule has 0 aromatic rings. The minimum atomic E-state index is -1.62. The first-order chi connectivity index (χ1) is 8.88. The zero-order valence-corrected chi connectivity index (χ0v) is 10.0. The van der Waals surface area contributed by atoms with E-state index >= 15 is 0 Å². The fraction of sp³-hybridized carbons (Fsp3) is 0.800. The van der Waals surface area contributed by atoms with Crippen molar-refractivity contribution in [2.45, 2.75) is 36.6 Å². The van der Waals surface area contributed by atoms with Crippen LogP contribution >= 0.6 is 0 Å². The van der Waals surface area contributed by atoms with Gasteiger partial charge in [-0.2, -0.15) is 0 Å². The molecule has 2 aliphatic rings. The molecule has 2 aliphatic heterocycles. The van der Waals surface area contributed by atoms with Crippen LogP contribution < -0.4 is 0 Å². The van der Waals surface area contributed by atoms with E-state index in [4.69, 9.17) is 14.6 Å². The lowest BCUT2D eigenvalue weighted by Crippen LogP contribution is -2.62. The van der Waals surface area contributed by atoms with E-state index in [1.54, 1.807) is 0 Å². The van der Waals surface area contributed by atoms with Crippen LogP contribution in [0.4, 0.5) is 4.79 Å². The predicted molar refractivity (Wildman–Crippen MR) is 56.8 cm³/mol. The summed E-state index contributed by atoms with van der Waals surface area (Å²) in [5.74, 6) is -0.727. The zero-order valence-electron chi connectivity index (χ0n) is 10.0. The lowest BCUT2D eigenvalue weighted by molar-refractivity contribution is -0.244. The van der Waals surface area contributed by atoms with E-state index < -0.39 is 55.2 Å². The number of hydrogen-bond acceptors (Lipinski definition) is 8. The second kappa shape index (κ2) is 5.02. The quantitative estimate of drug-likeness (QED) is 0.414. The van der Waals surface area contributed by atoms with E-state index in [-0.39, 0.29) is 0 Å². The molecule has 108 valence electrons. The molecule has 0 spiro atoms. The molecule has 19 heavy (non-hydrogen) atoms. The zero-order chi connectivity index (χ0) is 14.3. The van der Waals surface area contributed by atoms with Crippen molar-refractivity contribution in [3.8, 4) is 0 Å². The maximum atomic E-state index is 11.7. The first kappa shape index (κ1) is 14.2. The fourth-order valence-corrected chi connectivity index (χ4v) is 2.11. The number of cyclic esters (lactones) is 1. The minimum absolute atomic E-state index is 0.619. The summed E-state index contributed by atoms with van der Waals surface area (Å²) in [5.41, 5.74) is 0. The summed E-state index contributed by atoms with van der Waals surface area (Å²) in [4.78, 5) is 23.7. The summed E-state index contributed by atoms with van der Waals surface area (Å²) < 4.78 is 9.90. The van der Waals surface area contributed by atoms with Crippen LogP contribution in [0.2, 0.25) is 0 Å². The van der Waals surface area contributed by atoms with Crippen LogP contribution in [0, 0.1) is 0 Å². The van der Waals surface area contributed by atoms with E-state index in [1.165, 1.54) is 7.05 Å². The number of ether oxygens (including phenoxy) is 2. The SMILES string of the molecule is CN1C(=O)OC(C2OC(CO)[C@@H](O)[C@H](O)[C@@H]2O)C1=O. The molecule has 2 fully saturated rings. The average molecular weight is 277 g/mol. The third-order valence-electron chi connectivity index (χ3n) is 3.30. The number of aliphatic hydroxyl groups excluding tert-OH is 4. The van der Waals surface area contributed by atoms with Crippen molar-refractivity contribution in [1.82, 2.24) is 4.90 Å². The lowest BCUT2D eigenvalue weighted by Gasteiger charge is -2.40. The molecule has 3 unspecified atom stereocenters. The minimum Gasteiger partial charge on any atom is -0.433 e. The van der Waals surface area contributed by atoms with Gasteiger partial charge in [0.05, 0.1) is 6.61 Å². The van der Waals surface area contributed by atoms with Crippen LogP contribution in [0.3, 0.4) is 0 Å². The summed E-state index contributed by atoms with van der Waals surface area (Å²) >= 11 is 0. The third-order valence-corrected chi connectivity index (χ3v) is 3.30. The fourth-order valence-electron chi connectivity index (χ4n) is 2.11. The molecule has 2 saturated heterocycles. The highest BCUT2D eigenvalue weighted by molar-refractivity contribution is 6.00. The Hall–Kier alpha value is -1.26. The number of likely N-dealkylation sites (N-methyl/N-ethyl adjacent to an activating group) is 1. The molecule has 9 heteroatoms. The number of carbonyl (C=O) groups excluding carboxylic acids is 2. The van der Waals surface area contributed by atoms with Crippen LogP contribution in [0.15, 0.2) is 0 Å². The molecule has 0 aromatic heterocycles. The van der Waals surface area contributed by atoms with Crippen molar-refractivity contribution in [2.75, 3.05) is 13.7 Å². The summed E-state index contributed by atoms with van der Waals surface area (Å²) in [6.07, 6.45) is -9.58. The standard InChI is InChI=1S/C10H15NO8/c1-11-9(16)8(19-10(11)17)7-6(15)5(14)4(13)3(2-12)18-7/h3-8,12-15H,2H2,1H3/t3?,4-,5+,6+,7?,8?/m1/s1. The number of hydrogen-bond donors (Lipinski definition) is 4. The van der Waals surface area contributed by atoms with Crippen LogP contribution in [0.1, 0.15) is 0 Å². The van der Waals surface area contributed by atoms with Gasteiger partial charge < -0.3 is 29.9 Å². The highest BCUT2D eigenvalue weighted by atomic mass is 16.6. The monoisotopic (exact) mass is 277 g/mol. The Kier molecular flexibility index (Phi) is 3.74. The molecule has 6 atom stereocenters. The van der Waals surface area contributed by atoms with E-state index in [2.05, 4.69) is 0 Å². The topological polar surface area (TPSA) is 137 Å². The summed E-state index contributed by atoms with van der Waals surface area (Å²) in [6.45, 7) is -0.619. The van der Waals surface area contributed by atoms with Crippen molar-refractivity contribution in [1.29, 1.82) is 0 Å². The molecule has 0 bridgehead atoms. The van der Waals surface area contributed by atoms with Crippen molar-refractivity contribution < 1.29 is 39.5 Å². The number of amides is 2. The highest BCUT2D eigenvalue weighted by Crippen LogP contribution is 2.27. The van der Waals surface area contributed by atoms with Gasteiger partial charge in [0.25, 0.3) is 5.91 Å². The maximum absolute atomic E-state index is 11.7. The molecule has 4 N–H and O–H groups in total. The molecule has 0 aromatic carbocycles. The third kappa shape index (κ3) is 2.19. The predicted octanol–water partition coefficient (Wildman–Crippen LogP) is -3.19. The van der Waals surface area contributed by atoms with Crippen molar-refractivity contribution in [2.24, 2.45) is 0 Å². The van der Waals surface area contributed by atoms with Gasteiger partial charge in [0.2, 0.25) is 6.10 Å². The molecule has 0 aliphatic carbocycles. The second-order valence-corrected chi connectivity index (χ2v) is 4.50. The van der Waals surface area contributed by atoms with Gasteiger partial charge in [0, 0.05) is 7.05 Å². The summed E-state index contributed by atoms with van der Waals surface area (Å²) in [6, 6.07) is 0. The molecular formula is C10H15NO8. The summed E-state index contributed by atoms with van der Waals surface area (Å²) in [5, 5.41) is 38.0. The first-order valence-corrected chi connectivity index (χ1v) is 5.67. The van der Waals surface area contributed by atoms with E-state index in [0.717, 1.165) is 0 Å². The smallest absolute Gasteiger partial charge is 0.417 e. The van der Waals surface area contributed by atoms with Gasteiger partial charge in [-0.05, 0) is 0 Å². The number of carbonyl (C=O) groups is 2. The maximum Gasteiger partial charge on any atom is 0.417 e. The molecule has 9 nitrogen and oxygen atoms in total. The molecule has 2 rings (SSSR count). The van der Waals surface area contributed by atoms with Gasteiger partial charge in [-0.1, -0.05) is 0 Å². The van der Waals surface area contributed by atoms with Crippen molar-refractivity contribution in [3.63, 3.8) is 0 Å². The van der Waals surface area contributed by atoms with Gasteiger partial charge in [-0.15, -0.1) is 0 Å². The number of nitrogens with zero attached hydrogens (tertiary/aromatic N) is 1. The van der Waals surface area contributed by atoms with Gasteiger partial charge in [-0.25, -0.2) is 9.69 Å². The molecular weight excluding hydrogens is 262 g/mol. The van der Waals surface area contributed by atoms with E-state index in [9.17, 15) is 24.9 Å². The average Bonchev–Trinajstić information content (AvgIpc) is 2.64. The molecule has 2 amide bonds. The number of rotatable bonds is 2. The van der Waals surface area contributed by atoms with Crippen molar-refractivity contribution in [3.05, 3.63) is 0 Å². The van der Waals surface area contributed by atoms with Crippen molar-refractivity contribution >= 4 is 12.0 Å². The van der Waals surface area contributed by atoms with Crippen LogP contribution in [0.5, 0.6) is 0 Å². The molecule has 0 radical (unpaired) electrons. The Morgan fingerprint density at radius 2 is 1.79 bits per heavy atom. The Morgan fingerprint density at radius 1 is 1.16 bits per heavy atom. The summed E-state index contributed by atoms with van der Waals surface area (Å²) in [7, 11) is 1.20. The molecule has 0 saturated carbocycles. The van der Waals surface area contributed by atoms with Gasteiger partial charge >= 0.3 is 6.09 Å². The van der Waals surface area contributed by atoms with Gasteiger partial charge in [-0.3, -0.25) is 4.79 Å².